The molecule has 1 fully saturated rings. The molecule has 0 bridgehead atoms. The maximum absolute atomic E-state index is 6.70. The number of hydrogen-bond donors (Lipinski definition) is 1. The third kappa shape index (κ3) is 2.31. The van der Waals surface area contributed by atoms with Crippen LogP contribution in [0.3, 0.4) is 0 Å². The third-order valence-electron chi connectivity index (χ3n) is 5.52. The van der Waals surface area contributed by atoms with Gasteiger partial charge in [-0.3, -0.25) is 4.98 Å². The van der Waals surface area contributed by atoms with Gasteiger partial charge in [0.1, 0.15) is 0 Å². The molecule has 3 unspecified atom stereocenters. The summed E-state index contributed by atoms with van der Waals surface area (Å²) in [7, 11) is 0. The molecule has 0 aromatic carbocycles. The summed E-state index contributed by atoms with van der Waals surface area (Å²) in [6.45, 7) is 4.82. The second-order valence-electron chi connectivity index (χ2n) is 7.11. The van der Waals surface area contributed by atoms with Crippen LogP contribution in [0.15, 0.2) is 18.3 Å². The van der Waals surface area contributed by atoms with E-state index in [1.165, 1.54) is 43.4 Å². The zero-order valence-corrected chi connectivity index (χ0v) is 12.2. The lowest BCUT2D eigenvalue weighted by Gasteiger charge is -2.43. The normalized spacial score (nSPS) is 30.9. The van der Waals surface area contributed by atoms with Gasteiger partial charge in [0.25, 0.3) is 0 Å². The average Bonchev–Trinajstić information content (AvgIpc) is 2.81. The summed E-state index contributed by atoms with van der Waals surface area (Å²) in [4.78, 5) is 4.62. The Morgan fingerprint density at radius 2 is 2.16 bits per heavy atom. The number of nitrogens with two attached hydrogens (primary N) is 1. The van der Waals surface area contributed by atoms with E-state index in [9.17, 15) is 0 Å². The number of aryl methyl sites for hydroxylation is 1. The van der Waals surface area contributed by atoms with Gasteiger partial charge in [-0.05, 0) is 48.6 Å². The summed E-state index contributed by atoms with van der Waals surface area (Å²) in [5.41, 5.74) is 9.82. The molecule has 0 radical (unpaired) electrons. The van der Waals surface area contributed by atoms with Crippen molar-refractivity contribution in [3.63, 3.8) is 0 Å². The quantitative estimate of drug-likeness (QED) is 0.879. The molecule has 0 spiro atoms. The molecule has 1 heterocycles. The van der Waals surface area contributed by atoms with Crippen molar-refractivity contribution in [2.75, 3.05) is 0 Å². The highest BCUT2D eigenvalue weighted by molar-refractivity contribution is 5.30. The summed E-state index contributed by atoms with van der Waals surface area (Å²) in [6, 6.07) is 4.56. The lowest BCUT2D eigenvalue weighted by molar-refractivity contribution is 0.102. The van der Waals surface area contributed by atoms with E-state index in [0.29, 0.717) is 17.3 Å². The van der Waals surface area contributed by atoms with Crippen LogP contribution in [0.25, 0.3) is 0 Å². The van der Waals surface area contributed by atoms with Crippen LogP contribution in [0, 0.1) is 11.3 Å². The van der Waals surface area contributed by atoms with Crippen molar-refractivity contribution < 1.29 is 0 Å². The minimum atomic E-state index is 0.284. The highest BCUT2D eigenvalue weighted by Gasteiger charge is 2.41. The Labute approximate surface area is 116 Å². The van der Waals surface area contributed by atoms with Gasteiger partial charge in [-0.1, -0.05) is 32.8 Å². The van der Waals surface area contributed by atoms with E-state index in [-0.39, 0.29) is 6.04 Å². The van der Waals surface area contributed by atoms with E-state index in [1.807, 2.05) is 6.20 Å². The highest BCUT2D eigenvalue weighted by atomic mass is 14.8. The van der Waals surface area contributed by atoms with Gasteiger partial charge in [0, 0.05) is 23.9 Å². The molecule has 1 aromatic rings. The molecular formula is C17H26N2. The molecule has 2 aliphatic carbocycles. The number of hydrogen-bond acceptors (Lipinski definition) is 2. The number of nitrogens with zero attached hydrogens (tertiary/aromatic N) is 1. The minimum Gasteiger partial charge on any atom is -0.327 e. The van der Waals surface area contributed by atoms with Gasteiger partial charge < -0.3 is 5.73 Å². The van der Waals surface area contributed by atoms with E-state index in [2.05, 4.69) is 31.0 Å². The maximum Gasteiger partial charge on any atom is 0.0482 e. The number of fused-ring (bicyclic) bond motifs is 1. The zero-order valence-electron chi connectivity index (χ0n) is 12.2. The van der Waals surface area contributed by atoms with E-state index >= 15 is 0 Å². The highest BCUT2D eigenvalue weighted by Crippen LogP contribution is 2.46. The summed E-state index contributed by atoms with van der Waals surface area (Å²) in [5, 5.41) is 0. The zero-order chi connectivity index (χ0) is 13.5. The lowest BCUT2D eigenvalue weighted by atomic mass is 9.63. The smallest absolute Gasteiger partial charge is 0.0482 e. The summed E-state index contributed by atoms with van der Waals surface area (Å²) in [6.07, 6.45) is 9.63. The van der Waals surface area contributed by atoms with Crippen LogP contribution in [0.4, 0.5) is 0 Å². The van der Waals surface area contributed by atoms with Crippen LogP contribution < -0.4 is 5.73 Å². The molecular weight excluding hydrogens is 232 g/mol. The van der Waals surface area contributed by atoms with Crippen LogP contribution in [-0.4, -0.2) is 11.0 Å². The molecule has 19 heavy (non-hydrogen) atoms. The van der Waals surface area contributed by atoms with E-state index in [0.717, 1.165) is 6.42 Å². The van der Waals surface area contributed by atoms with Gasteiger partial charge in [0.15, 0.2) is 0 Å². The van der Waals surface area contributed by atoms with E-state index in [1.54, 1.807) is 0 Å². The number of aromatic nitrogens is 1. The first-order valence-electron chi connectivity index (χ1n) is 7.79. The summed E-state index contributed by atoms with van der Waals surface area (Å²) < 4.78 is 0. The molecule has 2 heteroatoms. The summed E-state index contributed by atoms with van der Waals surface area (Å²) in [5.74, 6) is 1.14. The van der Waals surface area contributed by atoms with Crippen molar-refractivity contribution in [3.8, 4) is 0 Å². The van der Waals surface area contributed by atoms with Crippen molar-refractivity contribution in [1.29, 1.82) is 0 Å². The third-order valence-corrected chi connectivity index (χ3v) is 5.52. The van der Waals surface area contributed by atoms with Gasteiger partial charge in [-0.15, -0.1) is 0 Å². The molecule has 3 rings (SSSR count). The largest absolute Gasteiger partial charge is 0.327 e. The monoisotopic (exact) mass is 258 g/mol. The fraction of sp³-hybridized carbons (Fsp3) is 0.706. The molecule has 2 nitrogen and oxygen atoms in total. The molecule has 0 saturated heterocycles. The predicted octanol–water partition coefficient (Wildman–Crippen LogP) is 3.66. The molecule has 104 valence electrons. The molecule has 2 N–H and O–H groups in total. The molecule has 0 aliphatic heterocycles. The molecule has 0 amide bonds. The molecule has 1 aromatic heterocycles. The Morgan fingerprint density at radius 1 is 1.32 bits per heavy atom. The Kier molecular flexibility index (Phi) is 3.38. The van der Waals surface area contributed by atoms with Crippen molar-refractivity contribution in [2.24, 2.45) is 17.1 Å². The maximum atomic E-state index is 6.70. The SMILES string of the molecule is CC1(C)CCCCC1C(N)C1CCc2cccnc21. The Hall–Kier alpha value is -0.890. The van der Waals surface area contributed by atoms with Crippen LogP contribution in [0.5, 0.6) is 0 Å². The standard InChI is InChI=1S/C17H26N2/c1-17(2)10-4-3-7-14(17)15(18)13-9-8-12-6-5-11-19-16(12)13/h5-6,11,13-15H,3-4,7-10,18H2,1-2H3. The van der Waals surface area contributed by atoms with Crippen molar-refractivity contribution in [1.82, 2.24) is 4.98 Å². The van der Waals surface area contributed by atoms with Gasteiger partial charge in [0.05, 0.1) is 0 Å². The first kappa shape index (κ1) is 13.1. The van der Waals surface area contributed by atoms with E-state index < -0.39 is 0 Å². The number of rotatable bonds is 2. The van der Waals surface area contributed by atoms with Gasteiger partial charge in [0.2, 0.25) is 0 Å². The fourth-order valence-corrected chi connectivity index (χ4v) is 4.33. The average molecular weight is 258 g/mol. The Bertz CT molecular complexity index is 452. The van der Waals surface area contributed by atoms with Crippen molar-refractivity contribution >= 4 is 0 Å². The molecule has 1 saturated carbocycles. The Morgan fingerprint density at radius 3 is 2.95 bits per heavy atom. The molecule has 2 aliphatic rings. The van der Waals surface area contributed by atoms with Crippen molar-refractivity contribution in [2.45, 2.75) is 64.3 Å². The van der Waals surface area contributed by atoms with Crippen LogP contribution in [0.2, 0.25) is 0 Å². The van der Waals surface area contributed by atoms with E-state index in [4.69, 9.17) is 5.73 Å². The Balaban J connectivity index is 1.83. The second kappa shape index (κ2) is 4.90. The van der Waals surface area contributed by atoms with Crippen LogP contribution in [-0.2, 0) is 6.42 Å². The topological polar surface area (TPSA) is 38.9 Å². The lowest BCUT2D eigenvalue weighted by Crippen LogP contribution is -2.44. The first-order valence-corrected chi connectivity index (χ1v) is 7.79. The predicted molar refractivity (Wildman–Crippen MR) is 79.0 cm³/mol. The fourth-order valence-electron chi connectivity index (χ4n) is 4.33. The van der Waals surface area contributed by atoms with Gasteiger partial charge >= 0.3 is 0 Å². The minimum absolute atomic E-state index is 0.284. The first-order chi connectivity index (χ1) is 9.09. The van der Waals surface area contributed by atoms with Crippen LogP contribution in [0.1, 0.15) is 63.1 Å². The van der Waals surface area contributed by atoms with Gasteiger partial charge in [-0.25, -0.2) is 0 Å². The second-order valence-corrected chi connectivity index (χ2v) is 7.11. The van der Waals surface area contributed by atoms with Crippen molar-refractivity contribution in [3.05, 3.63) is 29.6 Å². The van der Waals surface area contributed by atoms with Gasteiger partial charge in [-0.2, -0.15) is 0 Å². The number of pyridine rings is 1. The molecule has 3 atom stereocenters. The van der Waals surface area contributed by atoms with Crippen LogP contribution >= 0.6 is 0 Å². The summed E-state index contributed by atoms with van der Waals surface area (Å²) >= 11 is 0.